The van der Waals surface area contributed by atoms with Crippen LogP contribution in [0.1, 0.15) is 77.6 Å². The van der Waals surface area contributed by atoms with Crippen molar-refractivity contribution in [2.75, 3.05) is 7.05 Å². The maximum atomic E-state index is 3.63. The highest BCUT2D eigenvalue weighted by molar-refractivity contribution is 4.87. The van der Waals surface area contributed by atoms with Crippen LogP contribution in [0.4, 0.5) is 0 Å². The summed E-state index contributed by atoms with van der Waals surface area (Å²) in [6.07, 6.45) is 16.2. The van der Waals surface area contributed by atoms with E-state index in [2.05, 4.69) is 19.3 Å². The van der Waals surface area contributed by atoms with E-state index in [0.717, 1.165) is 23.8 Å². The van der Waals surface area contributed by atoms with Gasteiger partial charge in [0.15, 0.2) is 0 Å². The number of rotatable bonds is 6. The van der Waals surface area contributed by atoms with Gasteiger partial charge in [-0.3, -0.25) is 0 Å². The van der Waals surface area contributed by atoms with E-state index < -0.39 is 0 Å². The largest absolute Gasteiger partial charge is 0.317 e. The van der Waals surface area contributed by atoms with Crippen LogP contribution in [0.3, 0.4) is 0 Å². The fourth-order valence-electron chi connectivity index (χ4n) is 4.51. The van der Waals surface area contributed by atoms with Crippen LogP contribution in [0.2, 0.25) is 0 Å². The van der Waals surface area contributed by atoms with E-state index in [1.54, 1.807) is 0 Å². The Bertz CT molecular complexity index is 226. The summed E-state index contributed by atoms with van der Waals surface area (Å²) >= 11 is 0. The molecule has 0 spiro atoms. The van der Waals surface area contributed by atoms with E-state index in [1.807, 2.05) is 0 Å². The fraction of sp³-hybridized carbons (Fsp3) is 1.00. The molecule has 1 N–H and O–H groups in total. The molecule has 0 radical (unpaired) electrons. The minimum atomic E-state index is 0.805. The van der Waals surface area contributed by atoms with Crippen molar-refractivity contribution < 1.29 is 0 Å². The van der Waals surface area contributed by atoms with Gasteiger partial charge in [-0.25, -0.2) is 0 Å². The highest BCUT2D eigenvalue weighted by atomic mass is 14.9. The van der Waals surface area contributed by atoms with Gasteiger partial charge in [-0.2, -0.15) is 0 Å². The molecule has 2 aliphatic rings. The highest BCUT2D eigenvalue weighted by Crippen LogP contribution is 2.44. The van der Waals surface area contributed by atoms with Crippen LogP contribution in [0, 0.1) is 17.8 Å². The van der Waals surface area contributed by atoms with Gasteiger partial charge in [-0.1, -0.05) is 51.9 Å². The maximum Gasteiger partial charge on any atom is 0.00924 e. The molecule has 0 aromatic carbocycles. The van der Waals surface area contributed by atoms with Crippen molar-refractivity contribution in [3.63, 3.8) is 0 Å². The van der Waals surface area contributed by atoms with Crippen LogP contribution in [0.25, 0.3) is 0 Å². The Labute approximate surface area is 114 Å². The first-order chi connectivity index (χ1) is 8.85. The summed E-state index contributed by atoms with van der Waals surface area (Å²) in [4.78, 5) is 0. The normalized spacial score (nSPS) is 34.0. The highest BCUT2D eigenvalue weighted by Gasteiger charge is 2.34. The molecule has 1 nitrogen and oxygen atoms in total. The molecule has 106 valence electrons. The Kier molecular flexibility index (Phi) is 6.01. The van der Waals surface area contributed by atoms with Gasteiger partial charge in [0.2, 0.25) is 0 Å². The van der Waals surface area contributed by atoms with Crippen LogP contribution in [-0.2, 0) is 0 Å². The zero-order valence-electron chi connectivity index (χ0n) is 12.6. The monoisotopic (exact) mass is 251 g/mol. The summed E-state index contributed by atoms with van der Waals surface area (Å²) in [5, 5.41) is 3.63. The molecule has 18 heavy (non-hydrogen) atoms. The Morgan fingerprint density at radius 3 is 2.50 bits per heavy atom. The number of unbranched alkanes of at least 4 members (excludes halogenated alkanes) is 2. The predicted molar refractivity (Wildman–Crippen MR) is 79.8 cm³/mol. The Morgan fingerprint density at radius 2 is 1.78 bits per heavy atom. The van der Waals surface area contributed by atoms with Gasteiger partial charge in [0.25, 0.3) is 0 Å². The first-order valence-corrected chi connectivity index (χ1v) is 8.52. The van der Waals surface area contributed by atoms with Crippen molar-refractivity contribution in [2.24, 2.45) is 17.8 Å². The molecule has 0 amide bonds. The first-order valence-electron chi connectivity index (χ1n) is 8.52. The smallest absolute Gasteiger partial charge is 0.00924 e. The van der Waals surface area contributed by atoms with Crippen molar-refractivity contribution in [1.29, 1.82) is 0 Å². The van der Waals surface area contributed by atoms with Gasteiger partial charge in [-0.05, 0) is 50.5 Å². The second-order valence-electron chi connectivity index (χ2n) is 6.77. The Morgan fingerprint density at radius 1 is 1.00 bits per heavy atom. The molecule has 2 fully saturated rings. The van der Waals surface area contributed by atoms with Gasteiger partial charge in [0.05, 0.1) is 0 Å². The number of nitrogens with one attached hydrogen (secondary N) is 1. The van der Waals surface area contributed by atoms with E-state index in [1.165, 1.54) is 70.6 Å². The standard InChI is InChI=1S/C17H33N/c1-3-4-5-10-17(18-2)16-12-11-14-8-6-7-9-15(14)13-16/h14-18H,3-13H2,1-2H3. The summed E-state index contributed by atoms with van der Waals surface area (Å²) in [6.45, 7) is 2.31. The zero-order valence-corrected chi connectivity index (χ0v) is 12.6. The zero-order chi connectivity index (χ0) is 12.8. The van der Waals surface area contributed by atoms with E-state index >= 15 is 0 Å². The fourth-order valence-corrected chi connectivity index (χ4v) is 4.51. The quantitative estimate of drug-likeness (QED) is 0.671. The molecule has 0 bridgehead atoms. The molecule has 0 aromatic rings. The molecule has 0 aliphatic heterocycles. The summed E-state index contributed by atoms with van der Waals surface area (Å²) in [5.41, 5.74) is 0. The number of hydrogen-bond acceptors (Lipinski definition) is 1. The minimum absolute atomic E-state index is 0.805. The van der Waals surface area contributed by atoms with Crippen molar-refractivity contribution in [3.8, 4) is 0 Å². The van der Waals surface area contributed by atoms with Gasteiger partial charge in [-0.15, -0.1) is 0 Å². The molecule has 2 aliphatic carbocycles. The average Bonchev–Trinajstić information content (AvgIpc) is 2.43. The maximum absolute atomic E-state index is 3.63. The van der Waals surface area contributed by atoms with Crippen LogP contribution in [-0.4, -0.2) is 13.1 Å². The first kappa shape index (κ1) is 14.4. The minimum Gasteiger partial charge on any atom is -0.317 e. The third kappa shape index (κ3) is 3.73. The molecule has 2 rings (SSSR count). The molecule has 4 atom stereocenters. The van der Waals surface area contributed by atoms with Crippen LogP contribution < -0.4 is 5.32 Å². The third-order valence-electron chi connectivity index (χ3n) is 5.64. The number of fused-ring (bicyclic) bond motifs is 1. The van der Waals surface area contributed by atoms with Gasteiger partial charge >= 0.3 is 0 Å². The molecule has 1 heteroatoms. The Balaban J connectivity index is 1.80. The second kappa shape index (κ2) is 7.53. The van der Waals surface area contributed by atoms with Crippen LogP contribution >= 0.6 is 0 Å². The van der Waals surface area contributed by atoms with Gasteiger partial charge in [0, 0.05) is 6.04 Å². The second-order valence-corrected chi connectivity index (χ2v) is 6.77. The van der Waals surface area contributed by atoms with Crippen LogP contribution in [0.15, 0.2) is 0 Å². The molecule has 0 saturated heterocycles. The predicted octanol–water partition coefficient (Wildman–Crippen LogP) is 4.76. The summed E-state index contributed by atoms with van der Waals surface area (Å²) in [5.74, 6) is 3.16. The van der Waals surface area contributed by atoms with E-state index in [4.69, 9.17) is 0 Å². The third-order valence-corrected chi connectivity index (χ3v) is 5.64. The lowest BCUT2D eigenvalue weighted by Gasteiger charge is -2.42. The van der Waals surface area contributed by atoms with E-state index in [0.29, 0.717) is 0 Å². The van der Waals surface area contributed by atoms with Crippen LogP contribution in [0.5, 0.6) is 0 Å². The summed E-state index contributed by atoms with van der Waals surface area (Å²) < 4.78 is 0. The summed E-state index contributed by atoms with van der Waals surface area (Å²) in [6, 6.07) is 0.805. The lowest BCUT2D eigenvalue weighted by Crippen LogP contribution is -2.39. The van der Waals surface area contributed by atoms with Crippen molar-refractivity contribution in [2.45, 2.75) is 83.6 Å². The molecular weight excluding hydrogens is 218 g/mol. The van der Waals surface area contributed by atoms with Gasteiger partial charge in [0.1, 0.15) is 0 Å². The number of hydrogen-bond donors (Lipinski definition) is 1. The Hall–Kier alpha value is -0.0400. The van der Waals surface area contributed by atoms with Crippen molar-refractivity contribution >= 4 is 0 Å². The lowest BCUT2D eigenvalue weighted by molar-refractivity contribution is 0.108. The molecule has 0 aromatic heterocycles. The molecule has 4 unspecified atom stereocenters. The van der Waals surface area contributed by atoms with Gasteiger partial charge < -0.3 is 5.32 Å². The van der Waals surface area contributed by atoms with Crippen molar-refractivity contribution in [3.05, 3.63) is 0 Å². The summed E-state index contributed by atoms with van der Waals surface area (Å²) in [7, 11) is 2.18. The topological polar surface area (TPSA) is 12.0 Å². The van der Waals surface area contributed by atoms with E-state index in [9.17, 15) is 0 Å². The molecular formula is C17H33N. The molecule has 2 saturated carbocycles. The van der Waals surface area contributed by atoms with Crippen molar-refractivity contribution in [1.82, 2.24) is 5.32 Å². The molecule has 0 heterocycles. The lowest BCUT2D eigenvalue weighted by atomic mass is 9.66. The average molecular weight is 251 g/mol. The SMILES string of the molecule is CCCCCC(NC)C1CCC2CCCCC2C1. The van der Waals surface area contributed by atoms with E-state index in [-0.39, 0.29) is 0 Å².